The van der Waals surface area contributed by atoms with Crippen molar-refractivity contribution in [2.75, 3.05) is 5.32 Å². The van der Waals surface area contributed by atoms with Gasteiger partial charge in [-0.1, -0.05) is 43.3 Å². The molecule has 0 aliphatic rings. The van der Waals surface area contributed by atoms with Crippen LogP contribution in [0.25, 0.3) is 11.5 Å². The molecule has 0 atom stereocenters. The van der Waals surface area contributed by atoms with Gasteiger partial charge in [-0.3, -0.25) is 0 Å². The normalized spacial score (nSPS) is 11.0. The fraction of sp³-hybridized carbons (Fsp3) is 0.278. The van der Waals surface area contributed by atoms with Crippen molar-refractivity contribution in [1.82, 2.24) is 15.1 Å². The lowest BCUT2D eigenvalue weighted by atomic mass is 10.1. The molecule has 0 radical (unpaired) electrons. The average molecular weight is 324 g/mol. The molecule has 2 heterocycles. The number of benzene rings is 1. The predicted molar refractivity (Wildman–Crippen MR) is 91.3 cm³/mol. The minimum Gasteiger partial charge on any atom is -0.392 e. The first-order valence-corrected chi connectivity index (χ1v) is 7.88. The van der Waals surface area contributed by atoms with Gasteiger partial charge in [-0.05, 0) is 23.3 Å². The molecule has 24 heavy (non-hydrogen) atoms. The van der Waals surface area contributed by atoms with Crippen LogP contribution < -0.4 is 5.32 Å². The largest absolute Gasteiger partial charge is 0.392 e. The highest BCUT2D eigenvalue weighted by Crippen LogP contribution is 2.21. The van der Waals surface area contributed by atoms with Crippen molar-refractivity contribution >= 4 is 5.82 Å². The van der Waals surface area contributed by atoms with Crippen LogP contribution >= 0.6 is 0 Å². The first-order chi connectivity index (χ1) is 11.7. The maximum absolute atomic E-state index is 9.19. The quantitative estimate of drug-likeness (QED) is 0.723. The van der Waals surface area contributed by atoms with Gasteiger partial charge in [0.2, 0.25) is 0 Å². The molecule has 3 rings (SSSR count). The summed E-state index contributed by atoms with van der Waals surface area (Å²) in [7, 11) is 0. The summed E-state index contributed by atoms with van der Waals surface area (Å²) >= 11 is 0. The zero-order valence-electron chi connectivity index (χ0n) is 13.7. The highest BCUT2D eigenvalue weighted by atomic mass is 16.5. The molecule has 2 aromatic heterocycles. The molecule has 0 aliphatic carbocycles. The van der Waals surface area contributed by atoms with Crippen LogP contribution in [0, 0.1) is 0 Å². The summed E-state index contributed by atoms with van der Waals surface area (Å²) in [4.78, 5) is 8.72. The summed E-state index contributed by atoms with van der Waals surface area (Å²) in [5.41, 5.74) is 2.80. The van der Waals surface area contributed by atoms with E-state index in [4.69, 9.17) is 4.52 Å². The second-order valence-electron chi connectivity index (χ2n) is 5.87. The van der Waals surface area contributed by atoms with Crippen LogP contribution in [0.3, 0.4) is 0 Å². The van der Waals surface area contributed by atoms with Gasteiger partial charge in [0, 0.05) is 24.2 Å². The van der Waals surface area contributed by atoms with Crippen molar-refractivity contribution in [1.29, 1.82) is 0 Å². The standard InChI is InChI=1S/C18H20N4O2/c1-12(2)17-21-18(24-22-17)15-6-7-19-16(9-15)20-10-13-4-3-5-14(8-13)11-23/h3-9,12,23H,10-11H2,1-2H3,(H,19,20). The number of pyridine rings is 1. The maximum Gasteiger partial charge on any atom is 0.258 e. The highest BCUT2D eigenvalue weighted by Gasteiger charge is 2.12. The molecule has 0 bridgehead atoms. The van der Waals surface area contributed by atoms with Gasteiger partial charge in [-0.2, -0.15) is 4.98 Å². The Kier molecular flexibility index (Phi) is 4.86. The van der Waals surface area contributed by atoms with E-state index in [1.165, 1.54) is 0 Å². The van der Waals surface area contributed by atoms with Crippen LogP contribution in [0.2, 0.25) is 0 Å². The molecule has 0 amide bonds. The van der Waals surface area contributed by atoms with E-state index < -0.39 is 0 Å². The summed E-state index contributed by atoms with van der Waals surface area (Å²) in [5, 5.41) is 16.4. The first kappa shape index (κ1) is 16.1. The molecule has 0 saturated carbocycles. The van der Waals surface area contributed by atoms with Gasteiger partial charge in [0.25, 0.3) is 5.89 Å². The van der Waals surface area contributed by atoms with Crippen molar-refractivity contribution in [3.8, 4) is 11.5 Å². The van der Waals surface area contributed by atoms with Crippen LogP contribution in [-0.4, -0.2) is 20.2 Å². The number of hydrogen-bond donors (Lipinski definition) is 2. The number of nitrogens with one attached hydrogen (secondary N) is 1. The molecule has 2 N–H and O–H groups in total. The smallest absolute Gasteiger partial charge is 0.258 e. The maximum atomic E-state index is 9.19. The van der Waals surface area contributed by atoms with Gasteiger partial charge >= 0.3 is 0 Å². The van der Waals surface area contributed by atoms with E-state index in [9.17, 15) is 5.11 Å². The molecule has 0 aliphatic heterocycles. The van der Waals surface area contributed by atoms with Crippen molar-refractivity contribution < 1.29 is 9.63 Å². The Bertz CT molecular complexity index is 814. The fourth-order valence-electron chi connectivity index (χ4n) is 2.28. The van der Waals surface area contributed by atoms with E-state index in [2.05, 4.69) is 20.4 Å². The Morgan fingerprint density at radius 3 is 2.75 bits per heavy atom. The number of anilines is 1. The van der Waals surface area contributed by atoms with Crippen LogP contribution in [0.4, 0.5) is 5.82 Å². The van der Waals surface area contributed by atoms with E-state index in [-0.39, 0.29) is 12.5 Å². The third-order valence-electron chi connectivity index (χ3n) is 3.61. The molecule has 6 heteroatoms. The summed E-state index contributed by atoms with van der Waals surface area (Å²) in [5.74, 6) is 2.13. The van der Waals surface area contributed by atoms with Crippen molar-refractivity contribution in [2.24, 2.45) is 0 Å². The van der Waals surface area contributed by atoms with Crippen molar-refractivity contribution in [3.05, 3.63) is 59.5 Å². The number of nitrogens with zero attached hydrogens (tertiary/aromatic N) is 3. The highest BCUT2D eigenvalue weighted by molar-refractivity contribution is 5.58. The van der Waals surface area contributed by atoms with E-state index >= 15 is 0 Å². The Morgan fingerprint density at radius 1 is 1.17 bits per heavy atom. The molecule has 0 saturated heterocycles. The third kappa shape index (κ3) is 3.78. The Morgan fingerprint density at radius 2 is 2.00 bits per heavy atom. The number of aromatic nitrogens is 3. The summed E-state index contributed by atoms with van der Waals surface area (Å²) in [6.07, 6.45) is 1.71. The fourth-order valence-corrected chi connectivity index (χ4v) is 2.28. The van der Waals surface area contributed by atoms with Gasteiger partial charge in [-0.25, -0.2) is 4.98 Å². The number of hydrogen-bond acceptors (Lipinski definition) is 6. The minimum absolute atomic E-state index is 0.0386. The van der Waals surface area contributed by atoms with Crippen molar-refractivity contribution in [3.63, 3.8) is 0 Å². The van der Waals surface area contributed by atoms with E-state index in [1.54, 1.807) is 6.20 Å². The first-order valence-electron chi connectivity index (χ1n) is 7.88. The number of rotatable bonds is 6. The van der Waals surface area contributed by atoms with Gasteiger partial charge in [-0.15, -0.1) is 0 Å². The van der Waals surface area contributed by atoms with Crippen LogP contribution in [0.1, 0.15) is 36.7 Å². The topological polar surface area (TPSA) is 84.1 Å². The molecule has 0 spiro atoms. The molecule has 1 aromatic carbocycles. The lowest BCUT2D eigenvalue weighted by Gasteiger charge is -2.07. The van der Waals surface area contributed by atoms with E-state index in [0.29, 0.717) is 18.3 Å². The molecule has 124 valence electrons. The number of aliphatic hydroxyl groups excluding tert-OH is 1. The van der Waals surface area contributed by atoms with E-state index in [0.717, 1.165) is 22.5 Å². The van der Waals surface area contributed by atoms with Gasteiger partial charge in [0.1, 0.15) is 5.82 Å². The molecule has 0 unspecified atom stereocenters. The summed E-state index contributed by atoms with van der Waals surface area (Å²) < 4.78 is 5.32. The Labute approximate surface area is 140 Å². The van der Waals surface area contributed by atoms with Crippen LogP contribution in [-0.2, 0) is 13.2 Å². The van der Waals surface area contributed by atoms with E-state index in [1.807, 2.05) is 50.2 Å². The molecular weight excluding hydrogens is 304 g/mol. The number of aliphatic hydroxyl groups is 1. The SMILES string of the molecule is CC(C)c1noc(-c2ccnc(NCc3cccc(CO)c3)c2)n1. The summed E-state index contributed by atoms with van der Waals surface area (Å²) in [6.45, 7) is 4.70. The molecule has 0 fully saturated rings. The second kappa shape index (κ2) is 7.23. The molecule has 6 nitrogen and oxygen atoms in total. The van der Waals surface area contributed by atoms with Crippen molar-refractivity contribution in [2.45, 2.75) is 32.9 Å². The second-order valence-corrected chi connectivity index (χ2v) is 5.87. The Hall–Kier alpha value is -2.73. The lowest BCUT2D eigenvalue weighted by molar-refractivity contribution is 0.281. The minimum atomic E-state index is 0.0386. The van der Waals surface area contributed by atoms with Gasteiger partial charge < -0.3 is 14.9 Å². The average Bonchev–Trinajstić information content (AvgIpc) is 3.11. The summed E-state index contributed by atoms with van der Waals surface area (Å²) in [6, 6.07) is 11.5. The zero-order valence-corrected chi connectivity index (χ0v) is 13.7. The zero-order chi connectivity index (χ0) is 16.9. The Balaban J connectivity index is 1.72. The molecule has 3 aromatic rings. The molecular formula is C18H20N4O2. The van der Waals surface area contributed by atoms with Crippen LogP contribution in [0.15, 0.2) is 47.1 Å². The van der Waals surface area contributed by atoms with Gasteiger partial charge in [0.05, 0.1) is 6.61 Å². The third-order valence-corrected chi connectivity index (χ3v) is 3.61. The monoisotopic (exact) mass is 324 g/mol. The predicted octanol–water partition coefficient (Wildman–Crippen LogP) is 3.36. The van der Waals surface area contributed by atoms with Gasteiger partial charge in [0.15, 0.2) is 5.82 Å². The van der Waals surface area contributed by atoms with Crippen LogP contribution in [0.5, 0.6) is 0 Å². The lowest BCUT2D eigenvalue weighted by Crippen LogP contribution is -2.02.